The first-order valence-corrected chi connectivity index (χ1v) is 9.37. The summed E-state index contributed by atoms with van der Waals surface area (Å²) in [5, 5.41) is 11.7. The van der Waals surface area contributed by atoms with E-state index in [0.29, 0.717) is 25.6 Å². The molecule has 2 aromatic rings. The van der Waals surface area contributed by atoms with E-state index in [1.807, 2.05) is 18.9 Å². The molecule has 0 aliphatic rings. The molecule has 2 N–H and O–H groups in total. The van der Waals surface area contributed by atoms with Crippen LogP contribution < -0.4 is 10.2 Å². The zero-order valence-corrected chi connectivity index (χ0v) is 17.4. The lowest BCUT2D eigenvalue weighted by Gasteiger charge is -2.19. The lowest BCUT2D eigenvalue weighted by molar-refractivity contribution is 0.0696. The number of carbonyl (C=O) groups is 2. The number of benzene rings is 1. The lowest BCUT2D eigenvalue weighted by atomic mass is 10.2. The molecule has 1 heterocycles. The van der Waals surface area contributed by atoms with E-state index in [9.17, 15) is 9.59 Å². The van der Waals surface area contributed by atoms with Gasteiger partial charge in [0, 0.05) is 20.2 Å². The number of aromatic carboxylic acids is 1. The van der Waals surface area contributed by atoms with Crippen molar-refractivity contribution >= 4 is 58.2 Å². The molecular weight excluding hydrogens is 429 g/mol. The van der Waals surface area contributed by atoms with Gasteiger partial charge in [0.25, 0.3) is 5.91 Å². The van der Waals surface area contributed by atoms with E-state index >= 15 is 0 Å². The molecule has 1 amide bonds. The summed E-state index contributed by atoms with van der Waals surface area (Å²) < 4.78 is 5.31. The van der Waals surface area contributed by atoms with Crippen LogP contribution >= 0.6 is 34.8 Å². The molecule has 0 aliphatic heterocycles. The zero-order valence-electron chi connectivity index (χ0n) is 15.1. The summed E-state index contributed by atoms with van der Waals surface area (Å²) in [6.45, 7) is 3.61. The first kappa shape index (κ1) is 22.2. The SMILES string of the molecule is CCOCCN(C)c1ccc(Cl)c(C(=O)Nc2c(Cl)cc(C(=O)O)cc2Cl)n1. The molecule has 0 atom stereocenters. The number of carboxylic acid groups (broad SMARTS) is 1. The predicted molar refractivity (Wildman–Crippen MR) is 110 cm³/mol. The highest BCUT2D eigenvalue weighted by atomic mass is 35.5. The van der Waals surface area contributed by atoms with Crippen LogP contribution in [0.4, 0.5) is 11.5 Å². The molecule has 2 rings (SSSR count). The Morgan fingerprint density at radius 1 is 1.18 bits per heavy atom. The number of amides is 1. The van der Waals surface area contributed by atoms with Gasteiger partial charge in [0.15, 0.2) is 0 Å². The van der Waals surface area contributed by atoms with Crippen LogP contribution in [0.3, 0.4) is 0 Å². The van der Waals surface area contributed by atoms with Gasteiger partial charge in [-0.05, 0) is 31.2 Å². The Bertz CT molecular complexity index is 869. The molecular formula is C18H18Cl3N3O4. The second-order valence-corrected chi connectivity index (χ2v) is 6.91. The van der Waals surface area contributed by atoms with Gasteiger partial charge in [-0.2, -0.15) is 0 Å². The Labute approximate surface area is 177 Å². The van der Waals surface area contributed by atoms with Gasteiger partial charge in [-0.3, -0.25) is 4.79 Å². The van der Waals surface area contributed by atoms with Crippen molar-refractivity contribution in [2.24, 2.45) is 0 Å². The number of nitrogens with one attached hydrogen (secondary N) is 1. The third-order valence-corrected chi connectivity index (χ3v) is 4.64. The van der Waals surface area contributed by atoms with Gasteiger partial charge < -0.3 is 20.1 Å². The van der Waals surface area contributed by atoms with Crippen molar-refractivity contribution in [3.8, 4) is 0 Å². The minimum absolute atomic E-state index is 0.0145. The molecule has 0 spiro atoms. The fourth-order valence-corrected chi connectivity index (χ4v) is 3.03. The maximum absolute atomic E-state index is 12.7. The molecule has 7 nitrogen and oxygen atoms in total. The molecule has 0 radical (unpaired) electrons. The van der Waals surface area contributed by atoms with E-state index in [2.05, 4.69) is 10.3 Å². The van der Waals surface area contributed by atoms with E-state index in [1.54, 1.807) is 12.1 Å². The van der Waals surface area contributed by atoms with Gasteiger partial charge in [0.2, 0.25) is 0 Å². The molecule has 10 heteroatoms. The van der Waals surface area contributed by atoms with Crippen molar-refractivity contribution in [1.82, 2.24) is 4.98 Å². The van der Waals surface area contributed by atoms with Crippen LogP contribution in [0.25, 0.3) is 0 Å². The topological polar surface area (TPSA) is 91.8 Å². The van der Waals surface area contributed by atoms with Crippen molar-refractivity contribution in [3.63, 3.8) is 0 Å². The summed E-state index contributed by atoms with van der Waals surface area (Å²) in [5.74, 6) is -1.28. The van der Waals surface area contributed by atoms with E-state index < -0.39 is 11.9 Å². The first-order chi connectivity index (χ1) is 13.2. The number of carboxylic acids is 1. The van der Waals surface area contributed by atoms with Gasteiger partial charge in [0.1, 0.15) is 11.5 Å². The Morgan fingerprint density at radius 3 is 2.39 bits per heavy atom. The third-order valence-electron chi connectivity index (χ3n) is 3.74. The summed E-state index contributed by atoms with van der Waals surface area (Å²) in [6.07, 6.45) is 0. The molecule has 1 aromatic carbocycles. The minimum Gasteiger partial charge on any atom is -0.478 e. The van der Waals surface area contributed by atoms with Crippen molar-refractivity contribution in [2.45, 2.75) is 6.92 Å². The summed E-state index contributed by atoms with van der Waals surface area (Å²) in [7, 11) is 1.81. The molecule has 0 unspecified atom stereocenters. The molecule has 150 valence electrons. The molecule has 28 heavy (non-hydrogen) atoms. The molecule has 0 fully saturated rings. The fraction of sp³-hybridized carbons (Fsp3) is 0.278. The highest BCUT2D eigenvalue weighted by Gasteiger charge is 2.19. The molecule has 0 saturated carbocycles. The molecule has 0 saturated heterocycles. The Kier molecular flexibility index (Phi) is 7.88. The second-order valence-electron chi connectivity index (χ2n) is 5.69. The maximum Gasteiger partial charge on any atom is 0.335 e. The normalized spacial score (nSPS) is 10.6. The largest absolute Gasteiger partial charge is 0.478 e. The average Bonchev–Trinajstić information content (AvgIpc) is 2.64. The van der Waals surface area contributed by atoms with Gasteiger partial charge in [-0.25, -0.2) is 9.78 Å². The van der Waals surface area contributed by atoms with Gasteiger partial charge >= 0.3 is 5.97 Å². The molecule has 0 aliphatic carbocycles. The molecule has 1 aromatic heterocycles. The van der Waals surface area contributed by atoms with Crippen molar-refractivity contribution in [3.05, 3.63) is 50.6 Å². The number of hydrogen-bond acceptors (Lipinski definition) is 5. The predicted octanol–water partition coefficient (Wildman–Crippen LogP) is 4.47. The van der Waals surface area contributed by atoms with Crippen molar-refractivity contribution < 1.29 is 19.4 Å². The van der Waals surface area contributed by atoms with Gasteiger partial charge in [0.05, 0.1) is 32.9 Å². The number of likely N-dealkylation sites (N-methyl/N-ethyl adjacent to an activating group) is 1. The monoisotopic (exact) mass is 445 g/mol. The number of rotatable bonds is 8. The average molecular weight is 447 g/mol. The smallest absolute Gasteiger partial charge is 0.335 e. The highest BCUT2D eigenvalue weighted by molar-refractivity contribution is 6.41. The summed E-state index contributed by atoms with van der Waals surface area (Å²) in [6, 6.07) is 5.64. The van der Waals surface area contributed by atoms with Crippen LogP contribution in [0.15, 0.2) is 24.3 Å². The Balaban J connectivity index is 2.25. The minimum atomic E-state index is -1.19. The number of nitrogens with zero attached hydrogens (tertiary/aromatic N) is 2. The number of ether oxygens (including phenoxy) is 1. The van der Waals surface area contributed by atoms with Crippen molar-refractivity contribution in [2.75, 3.05) is 37.0 Å². The Morgan fingerprint density at radius 2 is 1.82 bits per heavy atom. The fourth-order valence-electron chi connectivity index (χ4n) is 2.25. The van der Waals surface area contributed by atoms with Gasteiger partial charge in [-0.15, -0.1) is 0 Å². The quantitative estimate of drug-likeness (QED) is 0.582. The number of pyridine rings is 1. The summed E-state index contributed by atoms with van der Waals surface area (Å²) >= 11 is 18.3. The second kappa shape index (κ2) is 9.93. The zero-order chi connectivity index (χ0) is 20.8. The highest BCUT2D eigenvalue weighted by Crippen LogP contribution is 2.32. The van der Waals surface area contributed by atoms with Crippen LogP contribution in [-0.2, 0) is 4.74 Å². The third kappa shape index (κ3) is 5.48. The Hall–Kier alpha value is -2.06. The number of aromatic nitrogens is 1. The summed E-state index contributed by atoms with van der Waals surface area (Å²) in [5.41, 5.74) is -0.0368. The number of hydrogen-bond donors (Lipinski definition) is 2. The van der Waals surface area contributed by atoms with Crippen LogP contribution in [0.1, 0.15) is 27.8 Å². The van der Waals surface area contributed by atoms with Gasteiger partial charge in [-0.1, -0.05) is 34.8 Å². The van der Waals surface area contributed by atoms with E-state index in [-0.39, 0.29) is 32.0 Å². The van der Waals surface area contributed by atoms with E-state index in [0.717, 1.165) is 0 Å². The van der Waals surface area contributed by atoms with Crippen LogP contribution in [0.5, 0.6) is 0 Å². The van der Waals surface area contributed by atoms with Crippen LogP contribution in [0, 0.1) is 0 Å². The summed E-state index contributed by atoms with van der Waals surface area (Å²) in [4.78, 5) is 29.8. The first-order valence-electron chi connectivity index (χ1n) is 8.23. The van der Waals surface area contributed by atoms with E-state index in [4.69, 9.17) is 44.6 Å². The van der Waals surface area contributed by atoms with Crippen molar-refractivity contribution in [1.29, 1.82) is 0 Å². The lowest BCUT2D eigenvalue weighted by Crippen LogP contribution is -2.25. The number of halogens is 3. The van der Waals surface area contributed by atoms with Crippen LogP contribution in [0.2, 0.25) is 15.1 Å². The standard InChI is InChI=1S/C18H18Cl3N3O4/c1-3-28-7-6-24(2)14-5-4-11(19)16(22-14)17(25)23-15-12(20)8-10(18(26)27)9-13(15)21/h4-5,8-9H,3,6-7H2,1-2H3,(H,23,25)(H,26,27). The maximum atomic E-state index is 12.7. The van der Waals surface area contributed by atoms with Crippen LogP contribution in [-0.4, -0.2) is 48.8 Å². The number of anilines is 2. The van der Waals surface area contributed by atoms with E-state index in [1.165, 1.54) is 12.1 Å². The number of carbonyl (C=O) groups excluding carboxylic acids is 1. The molecule has 0 bridgehead atoms.